The number of hydrogen-bond donors (Lipinski definition) is 1. The number of aryl methyl sites for hydroxylation is 2. The van der Waals surface area contributed by atoms with Gasteiger partial charge < -0.3 is 5.32 Å². The molecule has 0 saturated heterocycles. The monoisotopic (exact) mass is 358 g/mol. The quantitative estimate of drug-likeness (QED) is 0.775. The molecule has 5 nitrogen and oxygen atoms in total. The predicted octanol–water partition coefficient (Wildman–Crippen LogP) is 3.61. The number of nitrogens with zero attached hydrogens (tertiary/aromatic N) is 3. The first-order chi connectivity index (χ1) is 12.0. The van der Waals surface area contributed by atoms with Crippen molar-refractivity contribution in [3.63, 3.8) is 0 Å². The minimum atomic E-state index is -0.475. The number of rotatable bonds is 4. The first-order valence-electron chi connectivity index (χ1n) is 7.67. The molecule has 0 fully saturated rings. The first-order valence-corrected chi connectivity index (χ1v) is 8.05. The molecule has 0 atom stereocenters. The van der Waals surface area contributed by atoms with Gasteiger partial charge in [-0.05, 0) is 38.1 Å². The average molecular weight is 359 g/mol. The number of pyridine rings is 1. The van der Waals surface area contributed by atoms with Gasteiger partial charge in [-0.3, -0.25) is 4.79 Å². The van der Waals surface area contributed by atoms with Crippen LogP contribution in [0.25, 0.3) is 5.82 Å². The zero-order chi connectivity index (χ0) is 18.0. The summed E-state index contributed by atoms with van der Waals surface area (Å²) in [6.45, 7) is 3.82. The summed E-state index contributed by atoms with van der Waals surface area (Å²) in [5, 5.41) is 7.20. The highest BCUT2D eigenvalue weighted by atomic mass is 35.5. The lowest BCUT2D eigenvalue weighted by Crippen LogP contribution is -2.25. The summed E-state index contributed by atoms with van der Waals surface area (Å²) < 4.78 is 15.3. The zero-order valence-corrected chi connectivity index (χ0v) is 14.5. The van der Waals surface area contributed by atoms with E-state index in [1.54, 1.807) is 35.0 Å². The first kappa shape index (κ1) is 17.1. The number of benzene rings is 1. The van der Waals surface area contributed by atoms with Crippen molar-refractivity contribution < 1.29 is 9.18 Å². The summed E-state index contributed by atoms with van der Waals surface area (Å²) in [5.74, 6) is -0.360. The number of amides is 1. The van der Waals surface area contributed by atoms with Crippen LogP contribution in [0.15, 0.2) is 42.5 Å². The van der Waals surface area contributed by atoms with Crippen molar-refractivity contribution in [2.24, 2.45) is 0 Å². The molecule has 0 aliphatic rings. The summed E-state index contributed by atoms with van der Waals surface area (Å²) in [6, 6.07) is 11.4. The maximum atomic E-state index is 13.6. The van der Waals surface area contributed by atoms with Gasteiger partial charge in [0.1, 0.15) is 11.5 Å². The summed E-state index contributed by atoms with van der Waals surface area (Å²) in [5.41, 5.74) is 2.20. The highest BCUT2D eigenvalue weighted by Crippen LogP contribution is 2.18. The minimum absolute atomic E-state index is 0.0493. The van der Waals surface area contributed by atoms with Crippen LogP contribution in [0.4, 0.5) is 4.39 Å². The van der Waals surface area contributed by atoms with E-state index in [1.165, 1.54) is 6.07 Å². The Labute approximate surface area is 149 Å². The van der Waals surface area contributed by atoms with Crippen LogP contribution in [0.3, 0.4) is 0 Å². The summed E-state index contributed by atoms with van der Waals surface area (Å²) in [6.07, 6.45) is 0. The zero-order valence-electron chi connectivity index (χ0n) is 13.8. The normalized spacial score (nSPS) is 10.7. The van der Waals surface area contributed by atoms with E-state index in [9.17, 15) is 9.18 Å². The van der Waals surface area contributed by atoms with Crippen LogP contribution < -0.4 is 5.32 Å². The van der Waals surface area contributed by atoms with E-state index in [0.717, 1.165) is 11.4 Å². The molecular weight excluding hydrogens is 343 g/mol. The molecule has 128 valence electrons. The van der Waals surface area contributed by atoms with Crippen molar-refractivity contribution in [1.29, 1.82) is 0 Å². The van der Waals surface area contributed by atoms with Crippen molar-refractivity contribution in [2.45, 2.75) is 20.4 Å². The van der Waals surface area contributed by atoms with E-state index in [4.69, 9.17) is 11.6 Å². The molecule has 1 N–H and O–H groups in total. The van der Waals surface area contributed by atoms with Crippen LogP contribution in [0.2, 0.25) is 5.02 Å². The van der Waals surface area contributed by atoms with Crippen LogP contribution in [0.1, 0.15) is 27.4 Å². The number of halogens is 2. The third-order valence-corrected chi connectivity index (χ3v) is 3.98. The Hall–Kier alpha value is -2.73. The average Bonchev–Trinajstić information content (AvgIpc) is 2.92. The van der Waals surface area contributed by atoms with Gasteiger partial charge in [-0.1, -0.05) is 29.8 Å². The van der Waals surface area contributed by atoms with Gasteiger partial charge in [-0.2, -0.15) is 5.10 Å². The van der Waals surface area contributed by atoms with Crippen molar-refractivity contribution >= 4 is 17.5 Å². The molecule has 0 aliphatic heterocycles. The summed E-state index contributed by atoms with van der Waals surface area (Å²) in [7, 11) is 0. The maximum Gasteiger partial charge on any atom is 0.271 e. The number of aromatic nitrogens is 3. The van der Waals surface area contributed by atoms with Gasteiger partial charge in [-0.25, -0.2) is 14.1 Å². The predicted molar refractivity (Wildman–Crippen MR) is 93.4 cm³/mol. The molecule has 0 bridgehead atoms. The molecule has 0 unspecified atom stereocenters. The third kappa shape index (κ3) is 3.69. The van der Waals surface area contributed by atoms with E-state index in [-0.39, 0.29) is 23.1 Å². The Bertz CT molecular complexity index is 939. The third-order valence-electron chi connectivity index (χ3n) is 3.67. The van der Waals surface area contributed by atoms with Crippen molar-refractivity contribution in [2.75, 3.05) is 0 Å². The van der Waals surface area contributed by atoms with Crippen LogP contribution in [-0.2, 0) is 6.54 Å². The Balaban J connectivity index is 1.84. The summed E-state index contributed by atoms with van der Waals surface area (Å²) >= 11 is 6.11. The van der Waals surface area contributed by atoms with Gasteiger partial charge in [0.2, 0.25) is 0 Å². The fourth-order valence-electron chi connectivity index (χ4n) is 2.47. The molecule has 0 aliphatic carbocycles. The Morgan fingerprint density at radius 2 is 2.00 bits per heavy atom. The second-order valence-corrected chi connectivity index (χ2v) is 6.02. The van der Waals surface area contributed by atoms with Crippen molar-refractivity contribution in [3.8, 4) is 5.82 Å². The van der Waals surface area contributed by atoms with E-state index in [0.29, 0.717) is 11.4 Å². The smallest absolute Gasteiger partial charge is 0.271 e. The molecule has 3 rings (SSSR count). The molecule has 25 heavy (non-hydrogen) atoms. The fourth-order valence-corrected chi connectivity index (χ4v) is 2.66. The second kappa shape index (κ2) is 7.03. The molecule has 2 heterocycles. The Morgan fingerprint density at radius 3 is 2.68 bits per heavy atom. The molecule has 2 aromatic heterocycles. The standard InChI is InChI=1S/C18H16ClFN4O/c1-11-9-12(2)24(23-11)16-8-7-14(19)17(22-16)18(25)21-10-13-5-3-4-6-15(13)20/h3-9H,10H2,1-2H3,(H,21,25). The lowest BCUT2D eigenvalue weighted by molar-refractivity contribution is 0.0945. The summed E-state index contributed by atoms with van der Waals surface area (Å²) in [4.78, 5) is 16.7. The maximum absolute atomic E-state index is 13.6. The topological polar surface area (TPSA) is 59.8 Å². The van der Waals surface area contributed by atoms with Gasteiger partial charge >= 0.3 is 0 Å². The Morgan fingerprint density at radius 1 is 1.24 bits per heavy atom. The van der Waals surface area contributed by atoms with Gasteiger partial charge in [0.05, 0.1) is 10.7 Å². The lowest BCUT2D eigenvalue weighted by Gasteiger charge is -2.09. The molecule has 1 amide bonds. The number of hydrogen-bond acceptors (Lipinski definition) is 3. The van der Waals surface area contributed by atoms with Gasteiger partial charge in [0.15, 0.2) is 5.82 Å². The van der Waals surface area contributed by atoms with E-state index in [1.807, 2.05) is 19.9 Å². The largest absolute Gasteiger partial charge is 0.346 e. The van der Waals surface area contributed by atoms with Gasteiger partial charge in [0, 0.05) is 17.8 Å². The molecule has 3 aromatic rings. The van der Waals surface area contributed by atoms with E-state index < -0.39 is 5.91 Å². The molecule has 0 radical (unpaired) electrons. The molecule has 0 spiro atoms. The highest BCUT2D eigenvalue weighted by Gasteiger charge is 2.15. The van der Waals surface area contributed by atoms with E-state index in [2.05, 4.69) is 15.4 Å². The second-order valence-electron chi connectivity index (χ2n) is 5.61. The van der Waals surface area contributed by atoms with Crippen molar-refractivity contribution in [3.05, 3.63) is 75.9 Å². The van der Waals surface area contributed by atoms with Crippen molar-refractivity contribution in [1.82, 2.24) is 20.1 Å². The lowest BCUT2D eigenvalue weighted by atomic mass is 10.2. The molecule has 0 saturated carbocycles. The van der Waals surface area contributed by atoms with Gasteiger partial charge in [-0.15, -0.1) is 0 Å². The fraction of sp³-hybridized carbons (Fsp3) is 0.167. The van der Waals surface area contributed by atoms with Crippen LogP contribution in [0.5, 0.6) is 0 Å². The SMILES string of the molecule is Cc1cc(C)n(-c2ccc(Cl)c(C(=O)NCc3ccccc3F)n2)n1. The highest BCUT2D eigenvalue weighted by molar-refractivity contribution is 6.33. The minimum Gasteiger partial charge on any atom is -0.346 e. The number of carbonyl (C=O) groups is 1. The van der Waals surface area contributed by atoms with Gasteiger partial charge in [0.25, 0.3) is 5.91 Å². The molecule has 1 aromatic carbocycles. The molecular formula is C18H16ClFN4O. The van der Waals surface area contributed by atoms with Crippen LogP contribution in [-0.4, -0.2) is 20.7 Å². The Kier molecular flexibility index (Phi) is 4.81. The van der Waals surface area contributed by atoms with Crippen LogP contribution >= 0.6 is 11.6 Å². The number of nitrogens with one attached hydrogen (secondary N) is 1. The number of carbonyl (C=O) groups excluding carboxylic acids is 1. The van der Waals surface area contributed by atoms with Crippen LogP contribution in [0, 0.1) is 19.7 Å². The van der Waals surface area contributed by atoms with E-state index >= 15 is 0 Å². The molecule has 7 heteroatoms.